The highest BCUT2D eigenvalue weighted by molar-refractivity contribution is 6.05. The molecule has 0 aliphatic heterocycles. The van der Waals surface area contributed by atoms with Crippen molar-refractivity contribution < 1.29 is 19.5 Å². The molecular formula is C19H19N2O4-. The van der Waals surface area contributed by atoms with Crippen LogP contribution in [-0.4, -0.2) is 17.8 Å². The van der Waals surface area contributed by atoms with E-state index >= 15 is 0 Å². The Bertz CT molecular complexity index is 800. The zero-order valence-electron chi connectivity index (χ0n) is 14.0. The van der Waals surface area contributed by atoms with Gasteiger partial charge in [0, 0.05) is 23.4 Å². The van der Waals surface area contributed by atoms with Crippen LogP contribution >= 0.6 is 0 Å². The Morgan fingerprint density at radius 1 is 0.920 bits per heavy atom. The maximum atomic E-state index is 12.3. The lowest BCUT2D eigenvalue weighted by Crippen LogP contribution is -2.23. The minimum atomic E-state index is -1.34. The van der Waals surface area contributed by atoms with E-state index in [0.717, 1.165) is 0 Å². The first kappa shape index (κ1) is 18.2. The Kier molecular flexibility index (Phi) is 5.89. The van der Waals surface area contributed by atoms with Gasteiger partial charge in [0.2, 0.25) is 5.91 Å². The van der Waals surface area contributed by atoms with Crippen molar-refractivity contribution in [3.05, 3.63) is 59.7 Å². The van der Waals surface area contributed by atoms with Crippen molar-refractivity contribution >= 4 is 29.2 Å². The first-order chi connectivity index (χ1) is 11.8. The number of amides is 2. The summed E-state index contributed by atoms with van der Waals surface area (Å²) in [6.07, 6.45) is 0.409. The Morgan fingerprint density at radius 3 is 2.16 bits per heavy atom. The number of nitrogens with one attached hydrogen (secondary N) is 2. The number of hydrogen-bond acceptors (Lipinski definition) is 4. The largest absolute Gasteiger partial charge is 0.545 e. The number of carboxylic acid groups (broad SMARTS) is 1. The first-order valence-electron chi connectivity index (χ1n) is 7.88. The number of carboxylic acids is 1. The van der Waals surface area contributed by atoms with Gasteiger partial charge in [0.1, 0.15) is 0 Å². The van der Waals surface area contributed by atoms with E-state index in [1.54, 1.807) is 24.3 Å². The van der Waals surface area contributed by atoms with Crippen molar-refractivity contribution in [1.29, 1.82) is 0 Å². The van der Waals surface area contributed by atoms with Gasteiger partial charge in [0.15, 0.2) is 0 Å². The monoisotopic (exact) mass is 339 g/mol. The number of rotatable bonds is 6. The summed E-state index contributed by atoms with van der Waals surface area (Å²) < 4.78 is 0. The average Bonchev–Trinajstić information content (AvgIpc) is 2.54. The highest BCUT2D eigenvalue weighted by atomic mass is 16.4. The van der Waals surface area contributed by atoms with E-state index in [1.165, 1.54) is 24.3 Å². The molecule has 6 nitrogen and oxygen atoms in total. The molecule has 0 atom stereocenters. The normalized spacial score (nSPS) is 10.4. The van der Waals surface area contributed by atoms with Crippen molar-refractivity contribution in [2.45, 2.75) is 20.3 Å². The number of anilines is 2. The van der Waals surface area contributed by atoms with E-state index in [-0.39, 0.29) is 23.0 Å². The van der Waals surface area contributed by atoms with Gasteiger partial charge in [-0.3, -0.25) is 9.59 Å². The molecule has 130 valence electrons. The summed E-state index contributed by atoms with van der Waals surface area (Å²) in [5, 5.41) is 16.3. The molecule has 6 heteroatoms. The molecule has 0 saturated heterocycles. The van der Waals surface area contributed by atoms with E-state index in [1.807, 2.05) is 13.8 Å². The Morgan fingerprint density at radius 2 is 1.52 bits per heavy atom. The standard InChI is InChI=1S/C19H20N2O4/c1-12(2)9-17(22)20-15-7-4-8-16(11-15)21-18(23)13-5-3-6-14(10-13)19(24)25/h3-8,10-12H,9H2,1-2H3,(H,20,22)(H,21,23)(H,24,25)/p-1. The number of aromatic carboxylic acids is 1. The van der Waals surface area contributed by atoms with Crippen molar-refractivity contribution in [2.75, 3.05) is 10.6 Å². The zero-order chi connectivity index (χ0) is 18.4. The van der Waals surface area contributed by atoms with Crippen LogP contribution in [0.4, 0.5) is 11.4 Å². The van der Waals surface area contributed by atoms with Gasteiger partial charge < -0.3 is 20.5 Å². The molecule has 2 rings (SSSR count). The van der Waals surface area contributed by atoms with Crippen LogP contribution in [0.2, 0.25) is 0 Å². The van der Waals surface area contributed by atoms with Gasteiger partial charge in [0.25, 0.3) is 5.91 Å². The van der Waals surface area contributed by atoms with Crippen LogP contribution in [0.5, 0.6) is 0 Å². The van der Waals surface area contributed by atoms with E-state index < -0.39 is 11.9 Å². The molecule has 0 saturated carbocycles. The fourth-order valence-electron chi connectivity index (χ4n) is 2.25. The topological polar surface area (TPSA) is 98.3 Å². The molecule has 0 bridgehead atoms. The van der Waals surface area contributed by atoms with Crippen LogP contribution in [0.15, 0.2) is 48.5 Å². The van der Waals surface area contributed by atoms with Gasteiger partial charge in [-0.15, -0.1) is 0 Å². The van der Waals surface area contributed by atoms with Gasteiger partial charge >= 0.3 is 0 Å². The molecule has 0 aliphatic rings. The summed E-state index contributed by atoms with van der Waals surface area (Å²) in [7, 11) is 0. The zero-order valence-corrected chi connectivity index (χ0v) is 14.0. The van der Waals surface area contributed by atoms with E-state index in [2.05, 4.69) is 10.6 Å². The molecule has 2 N–H and O–H groups in total. The molecule has 2 amide bonds. The lowest BCUT2D eigenvalue weighted by Gasteiger charge is -2.10. The van der Waals surface area contributed by atoms with Crippen molar-refractivity contribution in [3.63, 3.8) is 0 Å². The molecule has 0 unspecified atom stereocenters. The van der Waals surface area contributed by atoms with Crippen molar-refractivity contribution in [3.8, 4) is 0 Å². The molecule has 2 aromatic rings. The SMILES string of the molecule is CC(C)CC(=O)Nc1cccc(NC(=O)c2cccc(C(=O)[O-])c2)c1. The Hall–Kier alpha value is -3.15. The maximum Gasteiger partial charge on any atom is 0.255 e. The van der Waals surface area contributed by atoms with Crippen molar-refractivity contribution in [1.82, 2.24) is 0 Å². The predicted octanol–water partition coefficient (Wildman–Crippen LogP) is 2.29. The van der Waals surface area contributed by atoms with Gasteiger partial charge in [-0.1, -0.05) is 32.0 Å². The summed E-state index contributed by atoms with van der Waals surface area (Å²) in [4.78, 5) is 34.9. The number of carbonyl (C=O) groups excluding carboxylic acids is 3. The van der Waals surface area contributed by atoms with Crippen LogP contribution in [0.1, 0.15) is 41.0 Å². The second kappa shape index (κ2) is 8.10. The third kappa shape index (κ3) is 5.46. The summed E-state index contributed by atoms with van der Waals surface area (Å²) in [6.45, 7) is 3.91. The van der Waals surface area contributed by atoms with E-state index in [9.17, 15) is 19.5 Å². The fraction of sp³-hybridized carbons (Fsp3) is 0.211. The van der Waals surface area contributed by atoms with Gasteiger partial charge in [-0.25, -0.2) is 0 Å². The molecule has 25 heavy (non-hydrogen) atoms. The first-order valence-corrected chi connectivity index (χ1v) is 7.88. The van der Waals surface area contributed by atoms with Crippen LogP contribution in [0, 0.1) is 5.92 Å². The predicted molar refractivity (Wildman–Crippen MR) is 93.3 cm³/mol. The smallest absolute Gasteiger partial charge is 0.255 e. The lowest BCUT2D eigenvalue weighted by atomic mass is 10.1. The molecule has 0 aliphatic carbocycles. The number of hydrogen-bond donors (Lipinski definition) is 2. The summed E-state index contributed by atoms with van der Waals surface area (Å²) in [6, 6.07) is 12.3. The third-order valence-electron chi connectivity index (χ3n) is 3.36. The lowest BCUT2D eigenvalue weighted by molar-refractivity contribution is -0.255. The Labute approximate surface area is 145 Å². The number of carbonyl (C=O) groups is 3. The number of benzene rings is 2. The minimum Gasteiger partial charge on any atom is -0.545 e. The Balaban J connectivity index is 2.08. The summed E-state index contributed by atoms with van der Waals surface area (Å²) in [5.41, 5.74) is 1.21. The van der Waals surface area contributed by atoms with Gasteiger partial charge in [-0.2, -0.15) is 0 Å². The van der Waals surface area contributed by atoms with Gasteiger partial charge in [0.05, 0.1) is 5.97 Å². The molecule has 0 heterocycles. The summed E-state index contributed by atoms with van der Waals surface area (Å²) >= 11 is 0. The second-order valence-corrected chi connectivity index (χ2v) is 6.05. The van der Waals surface area contributed by atoms with Gasteiger partial charge in [-0.05, 0) is 41.8 Å². The molecular weight excluding hydrogens is 320 g/mol. The molecule has 0 aromatic heterocycles. The molecule has 0 spiro atoms. The average molecular weight is 339 g/mol. The second-order valence-electron chi connectivity index (χ2n) is 6.05. The van der Waals surface area contributed by atoms with Crippen LogP contribution in [-0.2, 0) is 4.79 Å². The van der Waals surface area contributed by atoms with Crippen molar-refractivity contribution in [2.24, 2.45) is 5.92 Å². The molecule has 0 fully saturated rings. The third-order valence-corrected chi connectivity index (χ3v) is 3.36. The fourth-order valence-corrected chi connectivity index (χ4v) is 2.25. The van der Waals surface area contributed by atoms with Crippen LogP contribution in [0.3, 0.4) is 0 Å². The molecule has 2 aromatic carbocycles. The van der Waals surface area contributed by atoms with E-state index in [0.29, 0.717) is 17.8 Å². The summed E-state index contributed by atoms with van der Waals surface area (Å²) in [5.74, 6) is -1.64. The highest BCUT2D eigenvalue weighted by Gasteiger charge is 2.09. The van der Waals surface area contributed by atoms with Crippen LogP contribution < -0.4 is 15.7 Å². The minimum absolute atomic E-state index is 0.0673. The quantitative estimate of drug-likeness (QED) is 0.843. The van der Waals surface area contributed by atoms with Crippen LogP contribution in [0.25, 0.3) is 0 Å². The highest BCUT2D eigenvalue weighted by Crippen LogP contribution is 2.17. The molecule has 0 radical (unpaired) electrons. The maximum absolute atomic E-state index is 12.3. The van der Waals surface area contributed by atoms with E-state index in [4.69, 9.17) is 0 Å².